The number of hydrogen-bond donors (Lipinski definition) is 0. The molecule has 0 aliphatic carbocycles. The van der Waals surface area contributed by atoms with Crippen molar-refractivity contribution in [1.82, 2.24) is 0 Å². The molecule has 1 aliphatic rings. The maximum absolute atomic E-state index is 12.9. The first kappa shape index (κ1) is 19.4. The molecular formula is C21H16N2O4S2. The van der Waals surface area contributed by atoms with Crippen LogP contribution in [0.2, 0.25) is 0 Å². The van der Waals surface area contributed by atoms with E-state index in [4.69, 9.17) is 16.6 Å². The molecule has 6 nitrogen and oxygen atoms in total. The lowest BCUT2D eigenvalue weighted by atomic mass is 10.1. The highest BCUT2D eigenvalue weighted by atomic mass is 32.2. The van der Waals surface area contributed by atoms with Gasteiger partial charge in [-0.1, -0.05) is 41.7 Å². The van der Waals surface area contributed by atoms with Crippen LogP contribution < -0.4 is 4.90 Å². The molecule has 0 bridgehead atoms. The van der Waals surface area contributed by atoms with Crippen molar-refractivity contribution in [3.05, 3.63) is 82.1 Å². The van der Waals surface area contributed by atoms with E-state index >= 15 is 0 Å². The standard InChI is InChI=1S/C21H16N2O4S2/c1-13-2-6-15(7-3-13)22-20(24)19(29-21(22)28)12-17-10-11-18(27-17)14-4-8-16(9-5-14)23(25)26/h2-11,19H,12H2,1H3/t19-/m0/s1. The fraction of sp³-hybridized carbons (Fsp3) is 0.143. The van der Waals surface area contributed by atoms with Gasteiger partial charge in [-0.3, -0.25) is 19.8 Å². The summed E-state index contributed by atoms with van der Waals surface area (Å²) >= 11 is 6.78. The highest BCUT2D eigenvalue weighted by Gasteiger charge is 2.38. The second-order valence-electron chi connectivity index (χ2n) is 6.66. The fourth-order valence-electron chi connectivity index (χ4n) is 3.09. The molecule has 1 amide bonds. The third-order valence-corrected chi connectivity index (χ3v) is 6.13. The number of non-ortho nitro benzene ring substituents is 1. The minimum absolute atomic E-state index is 0.0261. The summed E-state index contributed by atoms with van der Waals surface area (Å²) in [5.41, 5.74) is 2.65. The summed E-state index contributed by atoms with van der Waals surface area (Å²) in [6, 6.07) is 17.5. The minimum atomic E-state index is -0.442. The van der Waals surface area contributed by atoms with Gasteiger partial charge in [0.05, 0.1) is 15.9 Å². The smallest absolute Gasteiger partial charge is 0.269 e. The average molecular weight is 425 g/mol. The molecule has 4 rings (SSSR count). The van der Waals surface area contributed by atoms with Crippen LogP contribution in [0, 0.1) is 17.0 Å². The van der Waals surface area contributed by atoms with Crippen molar-refractivity contribution in [2.45, 2.75) is 18.6 Å². The van der Waals surface area contributed by atoms with Crippen molar-refractivity contribution in [2.24, 2.45) is 0 Å². The molecule has 3 aromatic rings. The van der Waals surface area contributed by atoms with Gasteiger partial charge in [0.25, 0.3) is 5.69 Å². The molecule has 2 heterocycles. The van der Waals surface area contributed by atoms with Crippen LogP contribution >= 0.6 is 24.0 Å². The van der Waals surface area contributed by atoms with Crippen LogP contribution in [-0.2, 0) is 11.2 Å². The Morgan fingerprint density at radius 2 is 1.79 bits per heavy atom. The largest absolute Gasteiger partial charge is 0.461 e. The van der Waals surface area contributed by atoms with Gasteiger partial charge >= 0.3 is 0 Å². The molecule has 0 saturated carbocycles. The summed E-state index contributed by atoms with van der Waals surface area (Å²) < 4.78 is 6.41. The molecule has 1 aliphatic heterocycles. The third-order valence-electron chi connectivity index (χ3n) is 4.62. The number of aryl methyl sites for hydroxylation is 1. The molecule has 29 heavy (non-hydrogen) atoms. The molecule has 0 spiro atoms. The minimum Gasteiger partial charge on any atom is -0.461 e. The molecule has 0 radical (unpaired) electrons. The summed E-state index contributed by atoms with van der Waals surface area (Å²) in [6.45, 7) is 1.99. The van der Waals surface area contributed by atoms with Crippen molar-refractivity contribution < 1.29 is 14.1 Å². The predicted molar refractivity (Wildman–Crippen MR) is 117 cm³/mol. The summed E-state index contributed by atoms with van der Waals surface area (Å²) in [6.07, 6.45) is 0.416. The van der Waals surface area contributed by atoms with Gasteiger partial charge in [-0.2, -0.15) is 0 Å². The Morgan fingerprint density at radius 3 is 2.45 bits per heavy atom. The van der Waals surface area contributed by atoms with Crippen LogP contribution in [0.4, 0.5) is 11.4 Å². The van der Waals surface area contributed by atoms with E-state index in [2.05, 4.69) is 0 Å². The number of hydrogen-bond acceptors (Lipinski definition) is 6. The summed E-state index contributed by atoms with van der Waals surface area (Å²) in [5, 5.41) is 10.4. The number of rotatable bonds is 5. The van der Waals surface area contributed by atoms with Crippen LogP contribution in [0.25, 0.3) is 11.3 Å². The summed E-state index contributed by atoms with van der Waals surface area (Å²) in [4.78, 5) is 24.8. The Morgan fingerprint density at radius 1 is 1.10 bits per heavy atom. The van der Waals surface area contributed by atoms with Gasteiger partial charge in [0.15, 0.2) is 0 Å². The second kappa shape index (κ2) is 7.81. The number of nitro benzene ring substituents is 1. The topological polar surface area (TPSA) is 76.6 Å². The molecule has 0 N–H and O–H groups in total. The SMILES string of the molecule is Cc1ccc(N2C(=O)[C@H](Cc3ccc(-c4ccc([N+](=O)[O-])cc4)o3)SC2=S)cc1. The molecule has 1 atom stereocenters. The number of nitrogens with zero attached hydrogens (tertiary/aromatic N) is 2. The van der Waals surface area contributed by atoms with E-state index in [1.54, 1.807) is 23.1 Å². The molecule has 0 unspecified atom stereocenters. The number of carbonyl (C=O) groups excluding carboxylic acids is 1. The predicted octanol–water partition coefficient (Wildman–Crippen LogP) is 5.14. The molecule has 8 heteroatoms. The normalized spacial score (nSPS) is 16.4. The maximum Gasteiger partial charge on any atom is 0.269 e. The van der Waals surface area contributed by atoms with E-state index in [-0.39, 0.29) is 16.8 Å². The zero-order chi connectivity index (χ0) is 20.5. The number of thioether (sulfide) groups is 1. The number of amides is 1. The molecule has 1 fully saturated rings. The lowest BCUT2D eigenvalue weighted by Gasteiger charge is -2.15. The van der Waals surface area contributed by atoms with Crippen LogP contribution in [0.15, 0.2) is 65.1 Å². The Bertz CT molecular complexity index is 1090. The van der Waals surface area contributed by atoms with Gasteiger partial charge < -0.3 is 4.42 Å². The van der Waals surface area contributed by atoms with Gasteiger partial charge in [0.2, 0.25) is 5.91 Å². The van der Waals surface area contributed by atoms with Crippen molar-refractivity contribution in [2.75, 3.05) is 4.90 Å². The highest BCUT2D eigenvalue weighted by Crippen LogP contribution is 2.35. The first-order chi connectivity index (χ1) is 13.9. The number of benzene rings is 2. The first-order valence-corrected chi connectivity index (χ1v) is 10.2. The molecule has 146 valence electrons. The third kappa shape index (κ3) is 3.94. The van der Waals surface area contributed by atoms with Crippen LogP contribution in [0.5, 0.6) is 0 Å². The molecule has 2 aromatic carbocycles. The Balaban J connectivity index is 1.49. The van der Waals surface area contributed by atoms with Gasteiger partial charge in [-0.25, -0.2) is 0 Å². The summed E-state index contributed by atoms with van der Waals surface area (Å²) in [5.74, 6) is 1.21. The number of thiocarbonyl (C=S) groups is 1. The van der Waals surface area contributed by atoms with Crippen molar-refractivity contribution in [3.63, 3.8) is 0 Å². The zero-order valence-corrected chi connectivity index (χ0v) is 17.0. The quantitative estimate of drug-likeness (QED) is 0.321. The molecule has 1 aromatic heterocycles. The van der Waals surface area contributed by atoms with E-state index < -0.39 is 4.92 Å². The van der Waals surface area contributed by atoms with E-state index in [0.29, 0.717) is 22.3 Å². The number of furan rings is 1. The Labute approximate surface area is 176 Å². The van der Waals surface area contributed by atoms with Crippen LogP contribution in [0.1, 0.15) is 11.3 Å². The van der Waals surface area contributed by atoms with Crippen LogP contribution in [-0.4, -0.2) is 20.4 Å². The van der Waals surface area contributed by atoms with E-state index in [1.807, 2.05) is 37.3 Å². The van der Waals surface area contributed by atoms with Gasteiger partial charge in [0.1, 0.15) is 15.8 Å². The van der Waals surface area contributed by atoms with Gasteiger partial charge in [-0.15, -0.1) is 0 Å². The Kier molecular flexibility index (Phi) is 5.21. The number of anilines is 1. The van der Waals surface area contributed by atoms with Crippen molar-refractivity contribution in [3.8, 4) is 11.3 Å². The zero-order valence-electron chi connectivity index (χ0n) is 15.4. The lowest BCUT2D eigenvalue weighted by molar-refractivity contribution is -0.384. The Hall–Kier alpha value is -2.97. The van der Waals surface area contributed by atoms with E-state index in [0.717, 1.165) is 16.8 Å². The van der Waals surface area contributed by atoms with Gasteiger partial charge in [-0.05, 0) is 43.3 Å². The summed E-state index contributed by atoms with van der Waals surface area (Å²) in [7, 11) is 0. The molecule has 1 saturated heterocycles. The van der Waals surface area contributed by atoms with Crippen molar-refractivity contribution in [1.29, 1.82) is 0 Å². The number of nitro groups is 1. The van der Waals surface area contributed by atoms with E-state index in [9.17, 15) is 14.9 Å². The second-order valence-corrected chi connectivity index (χ2v) is 8.49. The highest BCUT2D eigenvalue weighted by molar-refractivity contribution is 8.25. The lowest BCUT2D eigenvalue weighted by Crippen LogP contribution is -2.31. The number of carbonyl (C=O) groups is 1. The average Bonchev–Trinajstić information content (AvgIpc) is 3.28. The van der Waals surface area contributed by atoms with Crippen LogP contribution in [0.3, 0.4) is 0 Å². The maximum atomic E-state index is 12.9. The van der Waals surface area contributed by atoms with Gasteiger partial charge in [0, 0.05) is 24.1 Å². The van der Waals surface area contributed by atoms with E-state index in [1.165, 1.54) is 23.9 Å². The van der Waals surface area contributed by atoms with Crippen molar-refractivity contribution >= 4 is 45.6 Å². The monoisotopic (exact) mass is 424 g/mol. The first-order valence-electron chi connectivity index (χ1n) is 8.87. The molecular weight excluding hydrogens is 408 g/mol. The fourth-order valence-corrected chi connectivity index (χ4v) is 4.63.